The van der Waals surface area contributed by atoms with E-state index < -0.39 is 5.60 Å². The van der Waals surface area contributed by atoms with Crippen LogP contribution in [0.2, 0.25) is 0 Å². The Labute approximate surface area is 67.3 Å². The first-order valence-corrected chi connectivity index (χ1v) is 4.03. The van der Waals surface area contributed by atoms with Gasteiger partial charge in [0.25, 0.3) is 0 Å². The van der Waals surface area contributed by atoms with Crippen LogP contribution in [0.15, 0.2) is 0 Å². The Morgan fingerprint density at radius 1 is 1.55 bits per heavy atom. The van der Waals surface area contributed by atoms with Gasteiger partial charge in [0.15, 0.2) is 0 Å². The summed E-state index contributed by atoms with van der Waals surface area (Å²) in [4.78, 5) is 0. The topological polar surface area (TPSA) is 38.7 Å². The van der Waals surface area contributed by atoms with Crippen molar-refractivity contribution in [3.8, 4) is 0 Å². The number of ether oxygens (including phenoxy) is 2. The first kappa shape index (κ1) is 8.97. The van der Waals surface area contributed by atoms with Crippen LogP contribution in [-0.4, -0.2) is 37.1 Å². The van der Waals surface area contributed by atoms with Gasteiger partial charge in [0.2, 0.25) is 0 Å². The molecule has 0 radical (unpaired) electrons. The molecule has 0 unspecified atom stereocenters. The van der Waals surface area contributed by atoms with Crippen LogP contribution in [0, 0.1) is 0 Å². The second-order valence-electron chi connectivity index (χ2n) is 3.13. The molecular weight excluding hydrogens is 144 g/mol. The first-order valence-electron chi connectivity index (χ1n) is 4.03. The number of methoxy groups -OCH3 is 1. The standard InChI is InChI=1S/C8H16O3/c1-3-11-6-8(9)4-7(5-8)10-2/h7,9H,3-6H2,1-2H3. The van der Waals surface area contributed by atoms with E-state index in [1.165, 1.54) is 0 Å². The van der Waals surface area contributed by atoms with Gasteiger partial charge in [-0.3, -0.25) is 0 Å². The Bertz CT molecular complexity index is 113. The molecule has 3 nitrogen and oxygen atoms in total. The van der Waals surface area contributed by atoms with E-state index in [1.54, 1.807) is 7.11 Å². The Hall–Kier alpha value is -0.120. The first-order chi connectivity index (χ1) is 5.20. The highest BCUT2D eigenvalue weighted by molar-refractivity contribution is 4.94. The Kier molecular flexibility index (Phi) is 2.87. The molecule has 0 spiro atoms. The number of aliphatic hydroxyl groups is 1. The molecule has 1 rings (SSSR count). The van der Waals surface area contributed by atoms with Gasteiger partial charge in [-0.1, -0.05) is 0 Å². The van der Waals surface area contributed by atoms with Gasteiger partial charge in [0.1, 0.15) is 0 Å². The zero-order valence-corrected chi connectivity index (χ0v) is 7.17. The van der Waals surface area contributed by atoms with Crippen LogP contribution >= 0.6 is 0 Å². The molecule has 1 N–H and O–H groups in total. The summed E-state index contributed by atoms with van der Waals surface area (Å²) in [5.41, 5.74) is -0.601. The molecular formula is C8H16O3. The fraction of sp³-hybridized carbons (Fsp3) is 1.00. The van der Waals surface area contributed by atoms with Gasteiger partial charge < -0.3 is 14.6 Å². The van der Waals surface area contributed by atoms with E-state index in [4.69, 9.17) is 9.47 Å². The minimum absolute atomic E-state index is 0.237. The van der Waals surface area contributed by atoms with Crippen molar-refractivity contribution >= 4 is 0 Å². The van der Waals surface area contributed by atoms with E-state index in [9.17, 15) is 5.11 Å². The summed E-state index contributed by atoms with van der Waals surface area (Å²) < 4.78 is 10.2. The lowest BCUT2D eigenvalue weighted by Gasteiger charge is -2.42. The summed E-state index contributed by atoms with van der Waals surface area (Å²) in [6.45, 7) is 3.04. The molecule has 0 heterocycles. The van der Waals surface area contributed by atoms with Crippen LogP contribution in [-0.2, 0) is 9.47 Å². The highest BCUT2D eigenvalue weighted by Crippen LogP contribution is 2.34. The van der Waals surface area contributed by atoms with E-state index in [0.29, 0.717) is 26.1 Å². The number of hydrogen-bond donors (Lipinski definition) is 1. The lowest BCUT2D eigenvalue weighted by atomic mass is 9.78. The molecule has 1 saturated carbocycles. The maximum Gasteiger partial charge on any atom is 0.0929 e. The molecule has 0 amide bonds. The van der Waals surface area contributed by atoms with Crippen LogP contribution in [0.25, 0.3) is 0 Å². The van der Waals surface area contributed by atoms with Gasteiger partial charge in [-0.15, -0.1) is 0 Å². The predicted octanol–water partition coefficient (Wildman–Crippen LogP) is 0.563. The zero-order valence-electron chi connectivity index (χ0n) is 7.17. The van der Waals surface area contributed by atoms with Crippen molar-refractivity contribution in [2.45, 2.75) is 31.5 Å². The normalized spacial score (nSPS) is 36.8. The molecule has 0 aromatic heterocycles. The summed E-state index contributed by atoms with van der Waals surface area (Å²) in [5, 5.41) is 9.64. The van der Waals surface area contributed by atoms with Crippen LogP contribution < -0.4 is 0 Å². The van der Waals surface area contributed by atoms with E-state index >= 15 is 0 Å². The Morgan fingerprint density at radius 3 is 2.64 bits per heavy atom. The SMILES string of the molecule is CCOCC1(O)CC(OC)C1. The average Bonchev–Trinajstić information content (AvgIpc) is 1.95. The third-order valence-corrected chi connectivity index (χ3v) is 2.12. The molecule has 11 heavy (non-hydrogen) atoms. The summed E-state index contributed by atoms with van der Waals surface area (Å²) in [6.07, 6.45) is 1.66. The highest BCUT2D eigenvalue weighted by atomic mass is 16.5. The van der Waals surface area contributed by atoms with Crippen molar-refractivity contribution in [1.82, 2.24) is 0 Å². The van der Waals surface area contributed by atoms with Gasteiger partial charge in [-0.2, -0.15) is 0 Å². The lowest BCUT2D eigenvalue weighted by Crippen LogP contribution is -2.51. The second kappa shape index (κ2) is 3.52. The number of rotatable bonds is 4. The van der Waals surface area contributed by atoms with Crippen molar-refractivity contribution in [2.24, 2.45) is 0 Å². The molecule has 1 aliphatic rings. The molecule has 0 atom stereocenters. The second-order valence-corrected chi connectivity index (χ2v) is 3.13. The molecule has 0 saturated heterocycles. The third-order valence-electron chi connectivity index (χ3n) is 2.12. The molecule has 0 aromatic rings. The third kappa shape index (κ3) is 2.15. The monoisotopic (exact) mass is 160 g/mol. The summed E-state index contributed by atoms with van der Waals surface area (Å²) in [6, 6.07) is 0. The zero-order chi connectivity index (χ0) is 8.32. The molecule has 0 aromatic carbocycles. The van der Waals surface area contributed by atoms with E-state index in [1.807, 2.05) is 6.92 Å². The lowest BCUT2D eigenvalue weighted by molar-refractivity contribution is -0.158. The van der Waals surface area contributed by atoms with E-state index in [0.717, 1.165) is 0 Å². The Morgan fingerprint density at radius 2 is 2.18 bits per heavy atom. The molecule has 1 fully saturated rings. The Balaban J connectivity index is 2.15. The smallest absolute Gasteiger partial charge is 0.0929 e. The van der Waals surface area contributed by atoms with Crippen LogP contribution in [0.5, 0.6) is 0 Å². The van der Waals surface area contributed by atoms with E-state index in [2.05, 4.69) is 0 Å². The maximum atomic E-state index is 9.64. The van der Waals surface area contributed by atoms with Crippen molar-refractivity contribution in [3.05, 3.63) is 0 Å². The summed E-state index contributed by atoms with van der Waals surface area (Å²) in [5.74, 6) is 0. The minimum Gasteiger partial charge on any atom is -0.387 e. The van der Waals surface area contributed by atoms with Crippen molar-refractivity contribution in [2.75, 3.05) is 20.3 Å². The van der Waals surface area contributed by atoms with E-state index in [-0.39, 0.29) is 6.10 Å². The van der Waals surface area contributed by atoms with Gasteiger partial charge in [-0.25, -0.2) is 0 Å². The van der Waals surface area contributed by atoms with Crippen molar-refractivity contribution in [1.29, 1.82) is 0 Å². The van der Waals surface area contributed by atoms with Gasteiger partial charge in [0.05, 0.1) is 18.3 Å². The van der Waals surface area contributed by atoms with Crippen molar-refractivity contribution in [3.63, 3.8) is 0 Å². The minimum atomic E-state index is -0.601. The highest BCUT2D eigenvalue weighted by Gasteiger charge is 2.42. The molecule has 0 bridgehead atoms. The maximum absolute atomic E-state index is 9.64. The molecule has 1 aliphatic carbocycles. The summed E-state index contributed by atoms with van der Waals surface area (Å²) >= 11 is 0. The fourth-order valence-corrected chi connectivity index (χ4v) is 1.36. The van der Waals surface area contributed by atoms with Gasteiger partial charge in [-0.05, 0) is 6.92 Å². The van der Waals surface area contributed by atoms with Crippen LogP contribution in [0.4, 0.5) is 0 Å². The van der Waals surface area contributed by atoms with Gasteiger partial charge in [0, 0.05) is 26.6 Å². The van der Waals surface area contributed by atoms with Crippen LogP contribution in [0.1, 0.15) is 19.8 Å². The predicted molar refractivity (Wildman–Crippen MR) is 41.5 cm³/mol. The van der Waals surface area contributed by atoms with Crippen LogP contribution in [0.3, 0.4) is 0 Å². The molecule has 66 valence electrons. The number of hydrogen-bond acceptors (Lipinski definition) is 3. The molecule has 3 heteroatoms. The van der Waals surface area contributed by atoms with Gasteiger partial charge >= 0.3 is 0 Å². The fourth-order valence-electron chi connectivity index (χ4n) is 1.36. The molecule has 0 aliphatic heterocycles. The van der Waals surface area contributed by atoms with Crippen molar-refractivity contribution < 1.29 is 14.6 Å². The summed E-state index contributed by atoms with van der Waals surface area (Å²) in [7, 11) is 1.67. The quantitative estimate of drug-likeness (QED) is 0.653. The largest absolute Gasteiger partial charge is 0.387 e. The average molecular weight is 160 g/mol.